The van der Waals surface area contributed by atoms with Gasteiger partial charge in [-0.15, -0.1) is 0 Å². The van der Waals surface area contributed by atoms with Crippen LogP contribution in [0, 0.1) is 19.3 Å². The first-order valence-corrected chi connectivity index (χ1v) is 16.8. The molecule has 0 saturated carbocycles. The van der Waals surface area contributed by atoms with Gasteiger partial charge in [0, 0.05) is 65.5 Å². The number of ether oxygens (including phenoxy) is 2. The minimum absolute atomic E-state index is 0.107. The Morgan fingerprint density at radius 2 is 1.84 bits per heavy atom. The lowest BCUT2D eigenvalue weighted by Crippen LogP contribution is -2.60. The minimum Gasteiger partial charge on any atom is -0.444 e. The highest BCUT2D eigenvalue weighted by Crippen LogP contribution is 2.47. The van der Waals surface area contributed by atoms with E-state index < -0.39 is 5.60 Å². The van der Waals surface area contributed by atoms with Gasteiger partial charge >= 0.3 is 6.09 Å². The number of anilines is 2. The fourth-order valence-electron chi connectivity index (χ4n) is 7.47. The third kappa shape index (κ3) is 6.56. The highest BCUT2D eigenvalue weighted by Gasteiger charge is 2.43. The number of piperidine rings is 2. The number of amides is 1. The van der Waals surface area contributed by atoms with E-state index in [0.29, 0.717) is 41.4 Å². The Labute approximate surface area is 273 Å². The number of nitrogen functional groups attached to an aromatic ring is 1. The average Bonchev–Trinajstić information content (AvgIpc) is 3.26. The number of hydrogen-bond donors (Lipinski definition) is 2. The molecule has 3 aliphatic heterocycles. The molecule has 2 aromatic rings. The van der Waals surface area contributed by atoms with Crippen molar-refractivity contribution in [3.63, 3.8) is 0 Å². The summed E-state index contributed by atoms with van der Waals surface area (Å²) in [6.45, 7) is 21.3. The standard InChI is InChI=1S/C34H52ClN7O3/c1-9-40(25-19-44-20-25)24-12-15-41(34(7,8)17-24)31-28(29-26(18-36)27(37)16-21(2)30(29)35)22(3)42(38-31)23-10-13-39(14-11-23)32(43)45-33(4,5)6/h16,18,23-25,36H,9-15,17,19-20,37H2,1-8H3. The number of carbonyl (C=O) groups excluding carboxylic acids is 1. The summed E-state index contributed by atoms with van der Waals surface area (Å²) in [6, 6.07) is 2.91. The van der Waals surface area contributed by atoms with Gasteiger partial charge < -0.3 is 30.4 Å². The molecule has 0 bridgehead atoms. The van der Waals surface area contributed by atoms with Crippen LogP contribution < -0.4 is 10.6 Å². The predicted octanol–water partition coefficient (Wildman–Crippen LogP) is 6.44. The highest BCUT2D eigenvalue weighted by molar-refractivity contribution is 6.35. The molecule has 4 heterocycles. The molecule has 10 nitrogen and oxygen atoms in total. The molecule has 1 unspecified atom stereocenters. The van der Waals surface area contributed by atoms with Crippen LogP contribution in [-0.2, 0) is 9.47 Å². The van der Waals surface area contributed by atoms with Gasteiger partial charge in [-0.3, -0.25) is 9.58 Å². The molecule has 1 atom stereocenters. The van der Waals surface area contributed by atoms with Gasteiger partial charge in [-0.05, 0) is 92.3 Å². The second-order valence-corrected chi connectivity index (χ2v) is 15.0. The van der Waals surface area contributed by atoms with Crippen LogP contribution in [0.1, 0.15) is 90.1 Å². The van der Waals surface area contributed by atoms with Crippen LogP contribution in [-0.4, -0.2) is 94.5 Å². The molecule has 0 radical (unpaired) electrons. The van der Waals surface area contributed by atoms with E-state index in [1.165, 1.54) is 6.21 Å². The van der Waals surface area contributed by atoms with E-state index in [1.807, 2.05) is 33.8 Å². The lowest BCUT2D eigenvalue weighted by molar-refractivity contribution is -0.0836. The van der Waals surface area contributed by atoms with Crippen LogP contribution in [0.25, 0.3) is 11.1 Å². The van der Waals surface area contributed by atoms with Gasteiger partial charge in [0.05, 0.1) is 30.3 Å². The zero-order chi connectivity index (χ0) is 32.8. The Bertz CT molecular complexity index is 1420. The summed E-state index contributed by atoms with van der Waals surface area (Å²) in [5.74, 6) is 0.885. The van der Waals surface area contributed by atoms with Crippen molar-refractivity contribution in [1.82, 2.24) is 19.6 Å². The van der Waals surface area contributed by atoms with E-state index in [9.17, 15) is 4.79 Å². The molecule has 3 saturated heterocycles. The van der Waals surface area contributed by atoms with E-state index in [1.54, 1.807) is 4.90 Å². The number of halogens is 1. The zero-order valence-electron chi connectivity index (χ0n) is 28.4. The quantitative estimate of drug-likeness (QED) is 0.264. The van der Waals surface area contributed by atoms with Crippen LogP contribution >= 0.6 is 11.6 Å². The van der Waals surface area contributed by atoms with Crippen molar-refractivity contribution in [2.75, 3.05) is 50.0 Å². The number of carbonyl (C=O) groups is 1. The number of aryl methyl sites for hydroxylation is 1. The van der Waals surface area contributed by atoms with Crippen molar-refractivity contribution >= 4 is 35.4 Å². The monoisotopic (exact) mass is 641 g/mol. The van der Waals surface area contributed by atoms with Gasteiger partial charge in [0.15, 0.2) is 5.82 Å². The molecule has 1 aromatic heterocycles. The van der Waals surface area contributed by atoms with Gasteiger partial charge in [-0.25, -0.2) is 4.79 Å². The van der Waals surface area contributed by atoms with Gasteiger partial charge in [0.2, 0.25) is 0 Å². The van der Waals surface area contributed by atoms with Gasteiger partial charge in [0.25, 0.3) is 0 Å². The normalized spacial score (nSPS) is 21.2. The van der Waals surface area contributed by atoms with Gasteiger partial charge in [-0.2, -0.15) is 5.10 Å². The third-order valence-electron chi connectivity index (χ3n) is 9.84. The minimum atomic E-state index is -0.530. The number of rotatable bonds is 7. The van der Waals surface area contributed by atoms with Crippen LogP contribution in [0.4, 0.5) is 16.3 Å². The summed E-state index contributed by atoms with van der Waals surface area (Å²) in [7, 11) is 0. The van der Waals surface area contributed by atoms with E-state index in [4.69, 9.17) is 37.3 Å². The molecular weight excluding hydrogens is 590 g/mol. The molecule has 3 N–H and O–H groups in total. The largest absolute Gasteiger partial charge is 0.444 e. The highest BCUT2D eigenvalue weighted by atomic mass is 35.5. The van der Waals surface area contributed by atoms with Crippen LogP contribution in [0.5, 0.6) is 0 Å². The summed E-state index contributed by atoms with van der Waals surface area (Å²) in [5.41, 5.74) is 10.5. The summed E-state index contributed by atoms with van der Waals surface area (Å²) < 4.78 is 13.3. The lowest BCUT2D eigenvalue weighted by atomic mass is 9.84. The Morgan fingerprint density at radius 1 is 1.18 bits per heavy atom. The van der Waals surface area contributed by atoms with Crippen LogP contribution in [0.3, 0.4) is 0 Å². The summed E-state index contributed by atoms with van der Waals surface area (Å²) >= 11 is 7.09. The topological polar surface area (TPSA) is 113 Å². The molecule has 11 heteroatoms. The van der Waals surface area contributed by atoms with Gasteiger partial charge in [0.1, 0.15) is 5.60 Å². The Kier molecular flexibility index (Phi) is 9.51. The summed E-state index contributed by atoms with van der Waals surface area (Å²) in [4.78, 5) is 19.7. The van der Waals surface area contributed by atoms with Crippen LogP contribution in [0.2, 0.25) is 5.02 Å². The van der Waals surface area contributed by atoms with Gasteiger partial charge in [-0.1, -0.05) is 18.5 Å². The first kappa shape index (κ1) is 33.5. The third-order valence-corrected chi connectivity index (χ3v) is 10.3. The Morgan fingerprint density at radius 3 is 2.38 bits per heavy atom. The Balaban J connectivity index is 1.53. The fraction of sp³-hybridized carbons (Fsp3) is 0.676. The second-order valence-electron chi connectivity index (χ2n) is 14.6. The maximum Gasteiger partial charge on any atom is 0.410 e. The van der Waals surface area contributed by atoms with Crippen molar-refractivity contribution in [1.29, 1.82) is 5.41 Å². The molecule has 3 fully saturated rings. The van der Waals surface area contributed by atoms with E-state index >= 15 is 0 Å². The summed E-state index contributed by atoms with van der Waals surface area (Å²) in [6.07, 6.45) is 4.60. The number of benzene rings is 1. The second kappa shape index (κ2) is 12.8. The maximum absolute atomic E-state index is 12.8. The van der Waals surface area contributed by atoms with E-state index in [-0.39, 0.29) is 17.7 Å². The lowest BCUT2D eigenvalue weighted by Gasteiger charge is -2.51. The number of likely N-dealkylation sites (tertiary alicyclic amines) is 1. The summed E-state index contributed by atoms with van der Waals surface area (Å²) in [5, 5.41) is 14.3. The predicted molar refractivity (Wildman–Crippen MR) is 182 cm³/mol. The average molecular weight is 642 g/mol. The Hall–Kier alpha value is -2.82. The van der Waals surface area contributed by atoms with Crippen molar-refractivity contribution in [3.05, 3.63) is 27.9 Å². The number of nitrogens with one attached hydrogen (secondary N) is 1. The number of nitrogens with zero attached hydrogens (tertiary/aromatic N) is 5. The van der Waals surface area contributed by atoms with E-state index in [2.05, 4.69) is 42.2 Å². The molecule has 0 spiro atoms. The number of nitrogens with two attached hydrogens (primary N) is 1. The SMILES string of the molecule is CCN(C1COC1)C1CCN(c2nn(C3CCN(C(=O)OC(C)(C)C)CC3)c(C)c2-c2c(Cl)c(C)cc(N)c2C=N)C(C)(C)C1. The number of aromatic nitrogens is 2. The van der Waals surface area contributed by atoms with Crippen LogP contribution in [0.15, 0.2) is 6.07 Å². The van der Waals surface area contributed by atoms with E-state index in [0.717, 1.165) is 80.2 Å². The molecule has 1 amide bonds. The van der Waals surface area contributed by atoms with Crippen molar-refractivity contribution in [2.24, 2.45) is 0 Å². The number of likely N-dealkylation sites (N-methyl/N-ethyl adjacent to an activating group) is 1. The first-order valence-electron chi connectivity index (χ1n) is 16.4. The van der Waals surface area contributed by atoms with Crippen molar-refractivity contribution in [3.8, 4) is 11.1 Å². The van der Waals surface area contributed by atoms with Crippen molar-refractivity contribution in [2.45, 2.75) is 110 Å². The van der Waals surface area contributed by atoms with Crippen molar-refractivity contribution < 1.29 is 14.3 Å². The number of hydrogen-bond acceptors (Lipinski definition) is 8. The maximum atomic E-state index is 12.8. The molecule has 5 rings (SSSR count). The first-order chi connectivity index (χ1) is 21.2. The molecule has 3 aliphatic rings. The fourth-order valence-corrected chi connectivity index (χ4v) is 7.72. The smallest absolute Gasteiger partial charge is 0.410 e. The molecule has 45 heavy (non-hydrogen) atoms. The molecule has 0 aliphatic carbocycles. The molecule has 1 aromatic carbocycles. The molecular formula is C34H52ClN7O3. The molecule has 248 valence electrons. The zero-order valence-corrected chi connectivity index (χ0v) is 29.1.